The van der Waals surface area contributed by atoms with E-state index in [1.807, 2.05) is 30.3 Å². The normalized spacial score (nSPS) is 14.1. The van der Waals surface area contributed by atoms with E-state index in [0.29, 0.717) is 16.6 Å². The molecule has 2 aromatic rings. The van der Waals surface area contributed by atoms with E-state index in [1.54, 1.807) is 6.07 Å². The fourth-order valence-electron chi connectivity index (χ4n) is 2.11. The number of nitrogens with two attached hydrogens (primary N) is 1. The van der Waals surface area contributed by atoms with Gasteiger partial charge in [0.2, 0.25) is 0 Å². The van der Waals surface area contributed by atoms with Gasteiger partial charge < -0.3 is 10.8 Å². The van der Waals surface area contributed by atoms with Gasteiger partial charge in [-0.25, -0.2) is 4.39 Å². The molecular formula is C15H15BrFNO. The van der Waals surface area contributed by atoms with Gasteiger partial charge in [-0.05, 0) is 23.3 Å². The van der Waals surface area contributed by atoms with Crippen LogP contribution in [0.2, 0.25) is 0 Å². The van der Waals surface area contributed by atoms with E-state index < -0.39 is 6.10 Å². The van der Waals surface area contributed by atoms with Gasteiger partial charge in [0, 0.05) is 16.9 Å². The second kappa shape index (κ2) is 6.28. The maximum Gasteiger partial charge on any atom is 0.124 e. The molecule has 0 aliphatic carbocycles. The van der Waals surface area contributed by atoms with E-state index in [2.05, 4.69) is 15.9 Å². The summed E-state index contributed by atoms with van der Waals surface area (Å²) in [5.74, 6) is -0.560. The number of aliphatic hydroxyl groups excluding tert-OH is 1. The van der Waals surface area contributed by atoms with Gasteiger partial charge >= 0.3 is 0 Å². The van der Waals surface area contributed by atoms with Gasteiger partial charge in [-0.2, -0.15) is 0 Å². The molecule has 0 aliphatic heterocycles. The van der Waals surface area contributed by atoms with Crippen LogP contribution in [-0.2, 0) is 0 Å². The maximum absolute atomic E-state index is 13.1. The fraction of sp³-hybridized carbons (Fsp3) is 0.200. The van der Waals surface area contributed by atoms with E-state index in [4.69, 9.17) is 5.73 Å². The Morgan fingerprint density at radius 1 is 1.16 bits per heavy atom. The number of rotatable bonds is 4. The molecule has 19 heavy (non-hydrogen) atoms. The van der Waals surface area contributed by atoms with Crippen molar-refractivity contribution >= 4 is 15.9 Å². The Bertz CT molecular complexity index is 547. The van der Waals surface area contributed by atoms with Crippen LogP contribution in [0.1, 0.15) is 23.1 Å². The number of halogens is 2. The molecule has 0 heterocycles. The van der Waals surface area contributed by atoms with Crippen LogP contribution >= 0.6 is 15.9 Å². The van der Waals surface area contributed by atoms with Crippen molar-refractivity contribution in [2.24, 2.45) is 5.73 Å². The first-order chi connectivity index (χ1) is 9.13. The summed E-state index contributed by atoms with van der Waals surface area (Å²) < 4.78 is 13.6. The van der Waals surface area contributed by atoms with E-state index in [0.717, 1.165) is 5.56 Å². The maximum atomic E-state index is 13.1. The van der Waals surface area contributed by atoms with Gasteiger partial charge in [-0.1, -0.05) is 52.3 Å². The van der Waals surface area contributed by atoms with Crippen molar-refractivity contribution in [3.63, 3.8) is 0 Å². The average Bonchev–Trinajstić information content (AvgIpc) is 2.40. The number of hydrogen-bond donors (Lipinski definition) is 2. The summed E-state index contributed by atoms with van der Waals surface area (Å²) in [7, 11) is 0. The van der Waals surface area contributed by atoms with Crippen LogP contribution < -0.4 is 5.73 Å². The molecule has 0 bridgehead atoms. The van der Waals surface area contributed by atoms with Crippen molar-refractivity contribution in [1.82, 2.24) is 0 Å². The third kappa shape index (κ3) is 3.21. The average molecular weight is 324 g/mol. The van der Waals surface area contributed by atoms with Crippen molar-refractivity contribution in [3.05, 3.63) is 69.9 Å². The van der Waals surface area contributed by atoms with E-state index in [-0.39, 0.29) is 11.7 Å². The lowest BCUT2D eigenvalue weighted by Crippen LogP contribution is -2.20. The van der Waals surface area contributed by atoms with Gasteiger partial charge in [0.15, 0.2) is 0 Å². The molecule has 2 aromatic carbocycles. The van der Waals surface area contributed by atoms with Crippen LogP contribution in [0.15, 0.2) is 53.0 Å². The molecule has 0 amide bonds. The minimum atomic E-state index is -0.776. The minimum absolute atomic E-state index is 0.219. The third-order valence-electron chi connectivity index (χ3n) is 3.14. The Balaban J connectivity index is 2.33. The largest absolute Gasteiger partial charge is 0.388 e. The molecular weight excluding hydrogens is 309 g/mol. The van der Waals surface area contributed by atoms with Gasteiger partial charge in [0.25, 0.3) is 0 Å². The van der Waals surface area contributed by atoms with Gasteiger partial charge in [-0.3, -0.25) is 0 Å². The van der Waals surface area contributed by atoms with Crippen molar-refractivity contribution in [2.75, 3.05) is 6.54 Å². The standard InChI is InChI=1S/C15H15BrFNO/c16-14-8-11(17)6-7-12(14)15(19)13(9-18)10-4-2-1-3-5-10/h1-8,13,15,19H,9,18H2. The minimum Gasteiger partial charge on any atom is -0.388 e. The van der Waals surface area contributed by atoms with Gasteiger partial charge in [0.05, 0.1) is 6.10 Å². The summed E-state index contributed by atoms with van der Waals surface area (Å²) in [6.45, 7) is 0.314. The molecule has 0 fully saturated rings. The lowest BCUT2D eigenvalue weighted by atomic mass is 9.89. The summed E-state index contributed by atoms with van der Waals surface area (Å²) in [5, 5.41) is 10.5. The molecule has 2 rings (SSSR count). The van der Waals surface area contributed by atoms with E-state index >= 15 is 0 Å². The SMILES string of the molecule is NCC(c1ccccc1)C(O)c1ccc(F)cc1Br. The Morgan fingerprint density at radius 2 is 1.84 bits per heavy atom. The molecule has 100 valence electrons. The van der Waals surface area contributed by atoms with Crippen LogP contribution in [-0.4, -0.2) is 11.7 Å². The zero-order valence-corrected chi connectivity index (χ0v) is 11.8. The Labute approximate surface area is 120 Å². The lowest BCUT2D eigenvalue weighted by Gasteiger charge is -2.23. The zero-order valence-electron chi connectivity index (χ0n) is 10.3. The molecule has 2 nitrogen and oxygen atoms in total. The molecule has 0 aromatic heterocycles. The highest BCUT2D eigenvalue weighted by molar-refractivity contribution is 9.10. The highest BCUT2D eigenvalue weighted by atomic mass is 79.9. The Morgan fingerprint density at radius 3 is 2.42 bits per heavy atom. The second-order valence-corrected chi connectivity index (χ2v) is 5.22. The molecule has 0 saturated carbocycles. The van der Waals surface area contributed by atoms with E-state index in [1.165, 1.54) is 12.1 Å². The number of aliphatic hydroxyl groups is 1. The fourth-order valence-corrected chi connectivity index (χ4v) is 2.69. The van der Waals surface area contributed by atoms with Crippen molar-refractivity contribution < 1.29 is 9.50 Å². The molecule has 4 heteroatoms. The zero-order chi connectivity index (χ0) is 13.8. The Kier molecular flexibility index (Phi) is 4.69. The molecule has 0 spiro atoms. The molecule has 2 unspecified atom stereocenters. The van der Waals surface area contributed by atoms with Crippen molar-refractivity contribution in [2.45, 2.75) is 12.0 Å². The summed E-state index contributed by atoms with van der Waals surface area (Å²) in [6, 6.07) is 13.8. The molecule has 3 N–H and O–H groups in total. The van der Waals surface area contributed by atoms with Gasteiger partial charge in [0.1, 0.15) is 5.82 Å². The summed E-state index contributed by atoms with van der Waals surface area (Å²) in [6.07, 6.45) is -0.776. The predicted octanol–water partition coefficient (Wildman–Crippen LogP) is 3.36. The smallest absolute Gasteiger partial charge is 0.124 e. The molecule has 2 atom stereocenters. The third-order valence-corrected chi connectivity index (χ3v) is 3.83. The molecule has 0 saturated heterocycles. The van der Waals surface area contributed by atoms with Crippen molar-refractivity contribution in [1.29, 1.82) is 0 Å². The quantitative estimate of drug-likeness (QED) is 0.906. The van der Waals surface area contributed by atoms with Crippen LogP contribution in [0.3, 0.4) is 0 Å². The summed E-state index contributed by atoms with van der Waals surface area (Å²) in [5.41, 5.74) is 7.38. The topological polar surface area (TPSA) is 46.2 Å². The highest BCUT2D eigenvalue weighted by Crippen LogP contribution is 2.34. The summed E-state index contributed by atoms with van der Waals surface area (Å²) >= 11 is 3.28. The molecule has 0 radical (unpaired) electrons. The first-order valence-corrected chi connectivity index (χ1v) is 6.81. The van der Waals surface area contributed by atoms with Crippen LogP contribution in [0.4, 0.5) is 4.39 Å². The first kappa shape index (κ1) is 14.2. The van der Waals surface area contributed by atoms with Crippen LogP contribution in [0.5, 0.6) is 0 Å². The van der Waals surface area contributed by atoms with Crippen LogP contribution in [0.25, 0.3) is 0 Å². The van der Waals surface area contributed by atoms with Crippen molar-refractivity contribution in [3.8, 4) is 0 Å². The highest BCUT2D eigenvalue weighted by Gasteiger charge is 2.23. The predicted molar refractivity (Wildman–Crippen MR) is 77.3 cm³/mol. The molecule has 0 aliphatic rings. The first-order valence-electron chi connectivity index (χ1n) is 6.01. The number of hydrogen-bond acceptors (Lipinski definition) is 2. The van der Waals surface area contributed by atoms with E-state index in [9.17, 15) is 9.50 Å². The van der Waals surface area contributed by atoms with Gasteiger partial charge in [-0.15, -0.1) is 0 Å². The monoisotopic (exact) mass is 323 g/mol. The Hall–Kier alpha value is -1.23. The lowest BCUT2D eigenvalue weighted by molar-refractivity contribution is 0.146. The number of benzene rings is 2. The summed E-state index contributed by atoms with van der Waals surface area (Å²) in [4.78, 5) is 0. The second-order valence-electron chi connectivity index (χ2n) is 4.36. The van der Waals surface area contributed by atoms with Crippen LogP contribution in [0, 0.1) is 5.82 Å².